The molecule has 0 aromatic heterocycles. The third kappa shape index (κ3) is 2.33. The molecule has 0 amide bonds. The summed E-state index contributed by atoms with van der Waals surface area (Å²) in [7, 11) is -0.0889. The average Bonchev–Trinajstić information content (AvgIpc) is 3.03. The van der Waals surface area contributed by atoms with Gasteiger partial charge in [0.2, 0.25) is 0 Å². The maximum Gasteiger partial charge on any atom is 0.461 e. The summed E-state index contributed by atoms with van der Waals surface area (Å²) in [6.07, 6.45) is 1.12. The Balaban J connectivity index is 1.72. The van der Waals surface area contributed by atoms with Crippen molar-refractivity contribution in [3.63, 3.8) is 0 Å². The quantitative estimate of drug-likeness (QED) is 0.751. The first kappa shape index (κ1) is 13.5. The van der Waals surface area contributed by atoms with E-state index in [0.29, 0.717) is 11.7 Å². The van der Waals surface area contributed by atoms with E-state index in [4.69, 9.17) is 20.9 Å². The van der Waals surface area contributed by atoms with Crippen LogP contribution >= 0.6 is 11.6 Å². The molecule has 1 saturated heterocycles. The van der Waals surface area contributed by atoms with Gasteiger partial charge in [0.1, 0.15) is 0 Å². The summed E-state index contributed by atoms with van der Waals surface area (Å²) in [4.78, 5) is 0. The molecular weight excluding hydrogens is 258 g/mol. The van der Waals surface area contributed by atoms with Crippen LogP contribution in [0.15, 0.2) is 24.3 Å². The van der Waals surface area contributed by atoms with Crippen molar-refractivity contribution in [2.75, 3.05) is 0 Å². The normalized spacial score (nSPS) is 31.5. The van der Waals surface area contributed by atoms with Crippen LogP contribution in [-0.4, -0.2) is 18.3 Å². The molecule has 3 rings (SSSR count). The fourth-order valence-electron chi connectivity index (χ4n) is 2.70. The highest BCUT2D eigenvalue weighted by molar-refractivity contribution is 6.49. The van der Waals surface area contributed by atoms with Crippen LogP contribution in [0.1, 0.15) is 45.6 Å². The van der Waals surface area contributed by atoms with E-state index in [0.717, 1.165) is 11.4 Å². The Hall–Kier alpha value is -0.505. The minimum Gasteiger partial charge on any atom is -0.403 e. The molecule has 4 heteroatoms. The summed E-state index contributed by atoms with van der Waals surface area (Å²) in [5.74, 6) is 0.980. The Morgan fingerprint density at radius 1 is 1.16 bits per heavy atom. The maximum absolute atomic E-state index is 6.11. The number of benzene rings is 1. The molecule has 2 aliphatic rings. The van der Waals surface area contributed by atoms with E-state index in [1.54, 1.807) is 0 Å². The molecule has 0 spiro atoms. The topological polar surface area (TPSA) is 18.5 Å². The van der Waals surface area contributed by atoms with Gasteiger partial charge in [-0.2, -0.15) is 0 Å². The predicted molar refractivity (Wildman–Crippen MR) is 78.6 cm³/mol. The number of rotatable bonds is 2. The van der Waals surface area contributed by atoms with Crippen LogP contribution in [0.2, 0.25) is 10.8 Å². The fourth-order valence-corrected chi connectivity index (χ4v) is 2.90. The van der Waals surface area contributed by atoms with Crippen LogP contribution in [0, 0.1) is 0 Å². The fraction of sp³-hybridized carbons (Fsp3) is 0.600. The first-order valence-electron chi connectivity index (χ1n) is 6.91. The molecule has 1 aliphatic heterocycles. The second-order valence-corrected chi connectivity index (χ2v) is 7.12. The van der Waals surface area contributed by atoms with Gasteiger partial charge in [0.15, 0.2) is 0 Å². The largest absolute Gasteiger partial charge is 0.461 e. The molecule has 2 fully saturated rings. The van der Waals surface area contributed by atoms with E-state index < -0.39 is 0 Å². The van der Waals surface area contributed by atoms with E-state index in [1.165, 1.54) is 5.56 Å². The van der Waals surface area contributed by atoms with Crippen LogP contribution < -0.4 is 0 Å². The van der Waals surface area contributed by atoms with Crippen molar-refractivity contribution in [1.82, 2.24) is 0 Å². The first-order valence-corrected chi connectivity index (χ1v) is 7.29. The lowest BCUT2D eigenvalue weighted by Crippen LogP contribution is -2.41. The van der Waals surface area contributed by atoms with Crippen LogP contribution in [0.4, 0.5) is 0 Å². The van der Waals surface area contributed by atoms with Gasteiger partial charge >= 0.3 is 7.12 Å². The zero-order valence-electron chi connectivity index (χ0n) is 11.9. The Bertz CT molecular complexity index is 485. The molecule has 2 unspecified atom stereocenters. The van der Waals surface area contributed by atoms with Crippen LogP contribution in [0.3, 0.4) is 0 Å². The molecule has 0 bridgehead atoms. The first-order chi connectivity index (χ1) is 8.80. The van der Waals surface area contributed by atoms with Gasteiger partial charge in [-0.3, -0.25) is 0 Å². The molecule has 1 aromatic carbocycles. The summed E-state index contributed by atoms with van der Waals surface area (Å²) < 4.78 is 12.2. The highest BCUT2D eigenvalue weighted by atomic mass is 35.5. The van der Waals surface area contributed by atoms with E-state index in [-0.39, 0.29) is 18.3 Å². The minimum atomic E-state index is -0.237. The van der Waals surface area contributed by atoms with Gasteiger partial charge in [-0.05, 0) is 57.7 Å². The van der Waals surface area contributed by atoms with E-state index in [9.17, 15) is 0 Å². The standard InChI is InChI=1S/C15H20BClO2/c1-14(2)15(3,4)19-16(18-14)13-9-12(13)10-6-5-7-11(17)8-10/h5-8,12-13H,9H2,1-4H3. The zero-order valence-corrected chi connectivity index (χ0v) is 12.7. The molecular formula is C15H20BClO2. The molecule has 1 aromatic rings. The highest BCUT2D eigenvalue weighted by Gasteiger charge is 2.59. The number of halogens is 1. The summed E-state index contributed by atoms with van der Waals surface area (Å²) in [6.45, 7) is 8.40. The third-order valence-electron chi connectivity index (χ3n) is 4.74. The van der Waals surface area contributed by atoms with Gasteiger partial charge in [0.25, 0.3) is 0 Å². The maximum atomic E-state index is 6.11. The summed E-state index contributed by atoms with van der Waals surface area (Å²) in [5.41, 5.74) is 0.824. The Kier molecular flexibility index (Phi) is 3.01. The Labute approximate surface area is 120 Å². The molecule has 0 radical (unpaired) electrons. The lowest BCUT2D eigenvalue weighted by Gasteiger charge is -2.32. The minimum absolute atomic E-state index is 0.0889. The zero-order chi connectivity index (χ0) is 13.8. The second kappa shape index (κ2) is 4.24. The van der Waals surface area contributed by atoms with Crippen LogP contribution in [0.25, 0.3) is 0 Å². The van der Waals surface area contributed by atoms with Crippen molar-refractivity contribution in [1.29, 1.82) is 0 Å². The molecule has 102 valence electrons. The molecule has 1 heterocycles. The molecule has 19 heavy (non-hydrogen) atoms. The smallest absolute Gasteiger partial charge is 0.403 e. The third-order valence-corrected chi connectivity index (χ3v) is 4.97. The summed E-state index contributed by atoms with van der Waals surface area (Å²) in [6, 6.07) is 8.12. The molecule has 2 atom stereocenters. The highest BCUT2D eigenvalue weighted by Crippen LogP contribution is 2.58. The van der Waals surface area contributed by atoms with Crippen molar-refractivity contribution in [2.24, 2.45) is 0 Å². The van der Waals surface area contributed by atoms with Gasteiger partial charge in [-0.15, -0.1) is 0 Å². The molecule has 1 aliphatic carbocycles. The monoisotopic (exact) mass is 278 g/mol. The van der Waals surface area contributed by atoms with Crippen molar-refractivity contribution in [3.05, 3.63) is 34.9 Å². The summed E-state index contributed by atoms with van der Waals surface area (Å²) >= 11 is 6.05. The van der Waals surface area contributed by atoms with E-state index in [1.807, 2.05) is 12.1 Å². The Morgan fingerprint density at radius 2 is 1.79 bits per heavy atom. The number of hydrogen-bond acceptors (Lipinski definition) is 2. The van der Waals surface area contributed by atoms with Gasteiger partial charge in [0.05, 0.1) is 11.2 Å². The average molecular weight is 279 g/mol. The Morgan fingerprint density at radius 3 is 2.37 bits per heavy atom. The summed E-state index contributed by atoms with van der Waals surface area (Å²) in [5, 5.41) is 0.803. The predicted octanol–water partition coefficient (Wildman–Crippen LogP) is 4.29. The van der Waals surface area contributed by atoms with Gasteiger partial charge in [-0.1, -0.05) is 23.7 Å². The van der Waals surface area contributed by atoms with Crippen LogP contribution in [0.5, 0.6) is 0 Å². The molecule has 0 N–H and O–H groups in total. The van der Waals surface area contributed by atoms with Gasteiger partial charge in [-0.25, -0.2) is 0 Å². The molecule has 1 saturated carbocycles. The van der Waals surface area contributed by atoms with Crippen LogP contribution in [-0.2, 0) is 9.31 Å². The lowest BCUT2D eigenvalue weighted by atomic mass is 9.79. The van der Waals surface area contributed by atoms with Crippen molar-refractivity contribution < 1.29 is 9.31 Å². The van der Waals surface area contributed by atoms with Gasteiger partial charge < -0.3 is 9.31 Å². The van der Waals surface area contributed by atoms with Crippen molar-refractivity contribution >= 4 is 18.7 Å². The van der Waals surface area contributed by atoms with E-state index >= 15 is 0 Å². The number of hydrogen-bond donors (Lipinski definition) is 0. The SMILES string of the molecule is CC1(C)OB(C2CC2c2cccc(Cl)c2)OC1(C)C. The van der Waals surface area contributed by atoms with Crippen molar-refractivity contribution in [3.8, 4) is 0 Å². The van der Waals surface area contributed by atoms with E-state index in [2.05, 4.69) is 39.8 Å². The van der Waals surface area contributed by atoms with Crippen molar-refractivity contribution in [2.45, 2.75) is 57.1 Å². The second-order valence-electron chi connectivity index (χ2n) is 6.69. The molecule has 2 nitrogen and oxygen atoms in total. The lowest BCUT2D eigenvalue weighted by molar-refractivity contribution is 0.00578. The van der Waals surface area contributed by atoms with Gasteiger partial charge in [0, 0.05) is 10.8 Å².